The van der Waals surface area contributed by atoms with Crippen molar-refractivity contribution in [2.45, 2.75) is 19.4 Å². The Labute approximate surface area is 96.1 Å². The molecule has 2 N–H and O–H groups in total. The van der Waals surface area contributed by atoms with E-state index in [4.69, 9.17) is 5.11 Å². The third-order valence-electron chi connectivity index (χ3n) is 2.21. The molecule has 0 unspecified atom stereocenters. The van der Waals surface area contributed by atoms with Crippen molar-refractivity contribution in [2.75, 3.05) is 23.9 Å². The van der Waals surface area contributed by atoms with E-state index >= 15 is 0 Å². The highest BCUT2D eigenvalue weighted by molar-refractivity contribution is 7.98. The monoisotopic (exact) mass is 225 g/mol. The molecule has 0 saturated heterocycles. The highest BCUT2D eigenvalue weighted by atomic mass is 32.2. The number of hydrogen-bond acceptors (Lipinski definition) is 3. The molecule has 0 aliphatic heterocycles. The molecule has 0 aromatic heterocycles. The van der Waals surface area contributed by atoms with Crippen LogP contribution in [0.3, 0.4) is 0 Å². The van der Waals surface area contributed by atoms with Gasteiger partial charge in [-0.25, -0.2) is 0 Å². The van der Waals surface area contributed by atoms with Crippen molar-refractivity contribution in [1.29, 1.82) is 0 Å². The topological polar surface area (TPSA) is 32.3 Å². The van der Waals surface area contributed by atoms with Crippen molar-refractivity contribution in [3.63, 3.8) is 0 Å². The average molecular weight is 225 g/mol. The predicted octanol–water partition coefficient (Wildman–Crippen LogP) is 2.73. The van der Waals surface area contributed by atoms with Crippen LogP contribution in [0, 0.1) is 0 Å². The highest BCUT2D eigenvalue weighted by Crippen LogP contribution is 2.10. The smallest absolute Gasteiger partial charge is 0.0682 e. The van der Waals surface area contributed by atoms with Crippen molar-refractivity contribution >= 4 is 17.4 Å². The molecule has 3 heteroatoms. The second kappa shape index (κ2) is 7.60. The number of benzene rings is 1. The lowest BCUT2D eigenvalue weighted by Crippen LogP contribution is -2.02. The zero-order valence-electron chi connectivity index (χ0n) is 9.20. The van der Waals surface area contributed by atoms with Gasteiger partial charge in [0.2, 0.25) is 0 Å². The second-order valence-corrected chi connectivity index (χ2v) is 4.47. The molecule has 0 heterocycles. The van der Waals surface area contributed by atoms with Gasteiger partial charge in [0.05, 0.1) is 6.61 Å². The van der Waals surface area contributed by atoms with Crippen LogP contribution in [0.1, 0.15) is 18.4 Å². The molecule has 1 rings (SSSR count). The van der Waals surface area contributed by atoms with E-state index in [0.29, 0.717) is 0 Å². The SMILES string of the molecule is CSCCCCNc1cccc(CO)c1. The molecular weight excluding hydrogens is 206 g/mol. The molecule has 2 nitrogen and oxygen atoms in total. The number of unbranched alkanes of at least 4 members (excludes halogenated alkanes) is 1. The molecule has 0 fully saturated rings. The minimum Gasteiger partial charge on any atom is -0.392 e. The highest BCUT2D eigenvalue weighted by Gasteiger charge is 1.94. The van der Waals surface area contributed by atoms with Crippen molar-refractivity contribution < 1.29 is 5.11 Å². The van der Waals surface area contributed by atoms with E-state index in [0.717, 1.165) is 17.8 Å². The van der Waals surface area contributed by atoms with Gasteiger partial charge in [0, 0.05) is 12.2 Å². The van der Waals surface area contributed by atoms with Crippen LogP contribution in [0.25, 0.3) is 0 Å². The van der Waals surface area contributed by atoms with Gasteiger partial charge in [0.25, 0.3) is 0 Å². The quantitative estimate of drug-likeness (QED) is 0.700. The van der Waals surface area contributed by atoms with E-state index in [-0.39, 0.29) is 6.61 Å². The van der Waals surface area contributed by atoms with Crippen molar-refractivity contribution in [3.05, 3.63) is 29.8 Å². The Morgan fingerprint density at radius 1 is 1.33 bits per heavy atom. The largest absolute Gasteiger partial charge is 0.392 e. The van der Waals surface area contributed by atoms with Gasteiger partial charge in [-0.1, -0.05) is 12.1 Å². The normalized spacial score (nSPS) is 10.3. The molecule has 1 aromatic rings. The molecule has 0 aliphatic carbocycles. The van der Waals surface area contributed by atoms with E-state index < -0.39 is 0 Å². The molecule has 0 radical (unpaired) electrons. The summed E-state index contributed by atoms with van der Waals surface area (Å²) in [5.74, 6) is 1.23. The van der Waals surface area contributed by atoms with Gasteiger partial charge in [-0.3, -0.25) is 0 Å². The molecule has 0 aliphatic rings. The first-order valence-corrected chi connectivity index (χ1v) is 6.69. The Morgan fingerprint density at radius 3 is 2.93 bits per heavy atom. The molecule has 0 atom stereocenters. The first-order valence-electron chi connectivity index (χ1n) is 5.29. The Kier molecular flexibility index (Phi) is 6.28. The second-order valence-electron chi connectivity index (χ2n) is 3.49. The van der Waals surface area contributed by atoms with Crippen molar-refractivity contribution in [1.82, 2.24) is 0 Å². The maximum Gasteiger partial charge on any atom is 0.0682 e. The van der Waals surface area contributed by atoms with E-state index in [1.165, 1.54) is 18.6 Å². The van der Waals surface area contributed by atoms with E-state index in [1.54, 1.807) is 0 Å². The number of hydrogen-bond donors (Lipinski definition) is 2. The third-order valence-corrected chi connectivity index (χ3v) is 2.91. The van der Waals surface area contributed by atoms with Crippen LogP contribution in [-0.2, 0) is 6.61 Å². The van der Waals surface area contributed by atoms with Gasteiger partial charge in [0.1, 0.15) is 0 Å². The summed E-state index contributed by atoms with van der Waals surface area (Å²) in [5.41, 5.74) is 2.06. The number of rotatable bonds is 7. The lowest BCUT2D eigenvalue weighted by Gasteiger charge is -2.07. The number of nitrogens with one attached hydrogen (secondary N) is 1. The maximum absolute atomic E-state index is 8.97. The first-order chi connectivity index (χ1) is 7.36. The minimum atomic E-state index is 0.113. The van der Waals surface area contributed by atoms with E-state index in [9.17, 15) is 0 Å². The summed E-state index contributed by atoms with van der Waals surface area (Å²) in [6.45, 7) is 1.12. The van der Waals surface area contributed by atoms with Crippen LogP contribution < -0.4 is 5.32 Å². The van der Waals surface area contributed by atoms with Crippen LogP contribution >= 0.6 is 11.8 Å². The fraction of sp³-hybridized carbons (Fsp3) is 0.500. The van der Waals surface area contributed by atoms with Crippen LogP contribution in [0.5, 0.6) is 0 Å². The summed E-state index contributed by atoms with van der Waals surface area (Å²) in [6.07, 6.45) is 4.59. The Balaban J connectivity index is 2.24. The fourth-order valence-electron chi connectivity index (χ4n) is 1.38. The molecular formula is C12H19NOS. The van der Waals surface area contributed by atoms with Crippen LogP contribution in [-0.4, -0.2) is 23.7 Å². The van der Waals surface area contributed by atoms with Gasteiger partial charge in [-0.05, 0) is 42.5 Å². The van der Waals surface area contributed by atoms with Gasteiger partial charge >= 0.3 is 0 Å². The fourth-order valence-corrected chi connectivity index (χ4v) is 1.88. The molecule has 84 valence electrons. The molecule has 0 saturated carbocycles. The third kappa shape index (κ3) is 5.09. The molecule has 15 heavy (non-hydrogen) atoms. The van der Waals surface area contributed by atoms with Gasteiger partial charge in [-0.15, -0.1) is 0 Å². The van der Waals surface area contributed by atoms with Gasteiger partial charge in [-0.2, -0.15) is 11.8 Å². The van der Waals surface area contributed by atoms with Crippen molar-refractivity contribution in [2.24, 2.45) is 0 Å². The lowest BCUT2D eigenvalue weighted by atomic mass is 10.2. The number of aliphatic hydroxyl groups excluding tert-OH is 1. The predicted molar refractivity (Wildman–Crippen MR) is 68.5 cm³/mol. The standard InChI is InChI=1S/C12H19NOS/c1-15-8-3-2-7-13-12-6-4-5-11(9-12)10-14/h4-6,9,13-14H,2-3,7-8,10H2,1H3. The number of anilines is 1. The van der Waals surface area contributed by atoms with Crippen LogP contribution in [0.15, 0.2) is 24.3 Å². The molecule has 0 spiro atoms. The first kappa shape index (κ1) is 12.4. The Hall–Kier alpha value is -0.670. The van der Waals surface area contributed by atoms with E-state index in [2.05, 4.69) is 11.6 Å². The summed E-state index contributed by atoms with van der Waals surface area (Å²) in [4.78, 5) is 0. The molecule has 0 bridgehead atoms. The molecule has 0 amide bonds. The number of aliphatic hydroxyl groups is 1. The zero-order valence-corrected chi connectivity index (χ0v) is 10.0. The van der Waals surface area contributed by atoms with E-state index in [1.807, 2.05) is 36.0 Å². The van der Waals surface area contributed by atoms with Crippen molar-refractivity contribution in [3.8, 4) is 0 Å². The van der Waals surface area contributed by atoms with Crippen LogP contribution in [0.2, 0.25) is 0 Å². The summed E-state index contributed by atoms with van der Waals surface area (Å²) >= 11 is 1.89. The summed E-state index contributed by atoms with van der Waals surface area (Å²) in [5, 5.41) is 12.3. The Morgan fingerprint density at radius 2 is 2.20 bits per heavy atom. The van der Waals surface area contributed by atoms with Gasteiger partial charge in [0.15, 0.2) is 0 Å². The number of thioether (sulfide) groups is 1. The lowest BCUT2D eigenvalue weighted by molar-refractivity contribution is 0.282. The van der Waals surface area contributed by atoms with Gasteiger partial charge < -0.3 is 10.4 Å². The Bertz CT molecular complexity index is 278. The molecule has 1 aromatic carbocycles. The summed E-state index contributed by atoms with van der Waals surface area (Å²) < 4.78 is 0. The average Bonchev–Trinajstić information content (AvgIpc) is 2.29. The zero-order chi connectivity index (χ0) is 10.9. The maximum atomic E-state index is 8.97. The minimum absolute atomic E-state index is 0.113. The summed E-state index contributed by atoms with van der Waals surface area (Å²) in [7, 11) is 0. The summed E-state index contributed by atoms with van der Waals surface area (Å²) in [6, 6.07) is 7.93. The van der Waals surface area contributed by atoms with Crippen LogP contribution in [0.4, 0.5) is 5.69 Å².